The minimum absolute atomic E-state index is 0.0293. The van der Waals surface area contributed by atoms with Gasteiger partial charge in [0.05, 0.1) is 19.6 Å². The molecule has 0 aliphatic carbocycles. The Morgan fingerprint density at radius 3 is 2.30 bits per heavy atom. The van der Waals surface area contributed by atoms with E-state index in [1.807, 2.05) is 80.3 Å². The molecule has 2 aromatic carbocycles. The van der Waals surface area contributed by atoms with E-state index in [1.54, 1.807) is 0 Å². The molecule has 2 amide bonds. The predicted octanol–water partition coefficient (Wildman–Crippen LogP) is 2.12. The van der Waals surface area contributed by atoms with Gasteiger partial charge in [-0.1, -0.05) is 18.2 Å². The number of nitrogens with zero attached hydrogens (tertiary/aromatic N) is 1. The Labute approximate surface area is 178 Å². The molecule has 1 atom stereocenters. The van der Waals surface area contributed by atoms with Gasteiger partial charge < -0.3 is 19.9 Å². The lowest BCUT2D eigenvalue weighted by atomic mass is 10.1. The summed E-state index contributed by atoms with van der Waals surface area (Å²) in [6, 6.07) is 16.8. The first kappa shape index (κ1) is 21.8. The predicted molar refractivity (Wildman–Crippen MR) is 117 cm³/mol. The van der Waals surface area contributed by atoms with E-state index in [9.17, 15) is 9.59 Å². The van der Waals surface area contributed by atoms with Gasteiger partial charge in [0.25, 0.3) is 11.8 Å². The van der Waals surface area contributed by atoms with Crippen molar-refractivity contribution >= 4 is 11.8 Å². The van der Waals surface area contributed by atoms with Crippen LogP contribution in [0.5, 0.6) is 11.5 Å². The van der Waals surface area contributed by atoms with Crippen LogP contribution in [-0.2, 0) is 4.79 Å². The first-order valence-corrected chi connectivity index (χ1v) is 10.6. The second kappa shape index (κ2) is 9.76. The number of hydrogen-bond acceptors (Lipinski definition) is 3. The number of para-hydroxylation sites is 1. The average molecular weight is 411 g/mol. The minimum atomic E-state index is -0.221. The van der Waals surface area contributed by atoms with E-state index < -0.39 is 0 Å². The van der Waals surface area contributed by atoms with Gasteiger partial charge in [0.2, 0.25) is 0 Å². The molecule has 1 aliphatic heterocycles. The van der Waals surface area contributed by atoms with Gasteiger partial charge in [-0.2, -0.15) is 0 Å². The van der Waals surface area contributed by atoms with Crippen molar-refractivity contribution in [3.63, 3.8) is 0 Å². The maximum Gasteiger partial charge on any atom is 0.275 e. The van der Waals surface area contributed by atoms with Crippen LogP contribution >= 0.6 is 0 Å². The maximum atomic E-state index is 12.9. The number of quaternary nitrogens is 1. The highest BCUT2D eigenvalue weighted by molar-refractivity contribution is 5.94. The van der Waals surface area contributed by atoms with E-state index >= 15 is 0 Å². The zero-order chi connectivity index (χ0) is 21.6. The average Bonchev–Trinajstić information content (AvgIpc) is 2.93. The van der Waals surface area contributed by atoms with Crippen LogP contribution in [0.3, 0.4) is 0 Å². The lowest BCUT2D eigenvalue weighted by molar-refractivity contribution is -0.889. The summed E-state index contributed by atoms with van der Waals surface area (Å²) in [5.74, 6) is 1.56. The summed E-state index contributed by atoms with van der Waals surface area (Å²) in [4.78, 5) is 28.3. The number of carbonyl (C=O) groups excluding carboxylic acids is 2. The van der Waals surface area contributed by atoms with Gasteiger partial charge in [-0.3, -0.25) is 9.59 Å². The number of hydrogen-bond donors (Lipinski definition) is 2. The zero-order valence-electron chi connectivity index (χ0n) is 18.1. The Kier molecular flexibility index (Phi) is 7.11. The molecule has 1 saturated heterocycles. The molecule has 0 bridgehead atoms. The van der Waals surface area contributed by atoms with Crippen molar-refractivity contribution in [2.75, 3.05) is 32.7 Å². The summed E-state index contributed by atoms with van der Waals surface area (Å²) in [5, 5.41) is 3.02. The van der Waals surface area contributed by atoms with Crippen molar-refractivity contribution in [2.45, 2.75) is 32.7 Å². The third-order valence-electron chi connectivity index (χ3n) is 4.99. The molecule has 0 saturated carbocycles. The maximum absolute atomic E-state index is 12.9. The van der Waals surface area contributed by atoms with Crippen LogP contribution in [0.25, 0.3) is 0 Å². The van der Waals surface area contributed by atoms with Crippen molar-refractivity contribution in [2.24, 2.45) is 0 Å². The minimum Gasteiger partial charge on any atom is -0.457 e. The molecule has 1 fully saturated rings. The first-order chi connectivity index (χ1) is 14.3. The monoisotopic (exact) mass is 410 g/mol. The number of rotatable bonds is 5. The first-order valence-electron chi connectivity index (χ1n) is 10.6. The van der Waals surface area contributed by atoms with E-state index in [2.05, 4.69) is 5.32 Å². The summed E-state index contributed by atoms with van der Waals surface area (Å²) in [6.07, 6.45) is 0.888. The lowest BCUT2D eigenvalue weighted by Gasteiger charge is -2.23. The smallest absolute Gasteiger partial charge is 0.275 e. The summed E-state index contributed by atoms with van der Waals surface area (Å²) in [5.41, 5.74) is 0.435. The molecule has 1 aliphatic rings. The number of ether oxygens (including phenoxy) is 1. The fraction of sp³-hybridized carbons (Fsp3) is 0.417. The largest absolute Gasteiger partial charge is 0.457 e. The van der Waals surface area contributed by atoms with Gasteiger partial charge in [0.1, 0.15) is 11.5 Å². The molecule has 0 radical (unpaired) electrons. The van der Waals surface area contributed by atoms with E-state index in [4.69, 9.17) is 4.74 Å². The third kappa shape index (κ3) is 6.59. The number of benzene rings is 2. The molecule has 0 spiro atoms. The van der Waals surface area contributed by atoms with Crippen LogP contribution in [0.4, 0.5) is 0 Å². The van der Waals surface area contributed by atoms with E-state index in [-0.39, 0.29) is 17.4 Å². The van der Waals surface area contributed by atoms with Crippen molar-refractivity contribution in [3.8, 4) is 11.5 Å². The molecular weight excluding hydrogens is 378 g/mol. The summed E-state index contributed by atoms with van der Waals surface area (Å²) in [7, 11) is 0. The fourth-order valence-corrected chi connectivity index (χ4v) is 3.59. The highest BCUT2D eigenvalue weighted by atomic mass is 16.5. The summed E-state index contributed by atoms with van der Waals surface area (Å²) in [6.45, 7) is 9.44. The van der Waals surface area contributed by atoms with Crippen molar-refractivity contribution in [3.05, 3.63) is 60.2 Å². The van der Waals surface area contributed by atoms with Crippen molar-refractivity contribution in [1.29, 1.82) is 0 Å². The normalized spacial score (nSPS) is 17.2. The van der Waals surface area contributed by atoms with Gasteiger partial charge >= 0.3 is 0 Å². The molecule has 160 valence electrons. The topological polar surface area (TPSA) is 63.1 Å². The highest BCUT2D eigenvalue weighted by Crippen LogP contribution is 2.21. The molecule has 3 rings (SSSR count). The van der Waals surface area contributed by atoms with Gasteiger partial charge in [-0.25, -0.2) is 0 Å². The molecule has 6 nitrogen and oxygen atoms in total. The van der Waals surface area contributed by atoms with Crippen LogP contribution in [0.15, 0.2) is 54.6 Å². The molecule has 1 unspecified atom stereocenters. The van der Waals surface area contributed by atoms with Crippen LogP contribution in [0.2, 0.25) is 0 Å². The van der Waals surface area contributed by atoms with Crippen LogP contribution in [-0.4, -0.2) is 55.0 Å². The zero-order valence-corrected chi connectivity index (χ0v) is 18.1. The van der Waals surface area contributed by atoms with E-state index in [0.29, 0.717) is 30.9 Å². The van der Waals surface area contributed by atoms with Crippen LogP contribution in [0.1, 0.15) is 37.6 Å². The van der Waals surface area contributed by atoms with Gasteiger partial charge in [0, 0.05) is 24.1 Å². The van der Waals surface area contributed by atoms with Gasteiger partial charge in [-0.15, -0.1) is 0 Å². The SMILES string of the molecule is CC(C)(C)NC(=O)C[NH+]1CCCN(C(=O)c2ccc(Oc3ccccc3)cc2)CC1. The summed E-state index contributed by atoms with van der Waals surface area (Å²) >= 11 is 0. The Morgan fingerprint density at radius 2 is 1.63 bits per heavy atom. The Bertz CT molecular complexity index is 844. The second-order valence-corrected chi connectivity index (χ2v) is 8.81. The van der Waals surface area contributed by atoms with Gasteiger partial charge in [-0.05, 0) is 57.2 Å². The highest BCUT2D eigenvalue weighted by Gasteiger charge is 2.25. The molecular formula is C24H32N3O3+. The van der Waals surface area contributed by atoms with E-state index in [0.717, 1.165) is 25.3 Å². The fourth-order valence-electron chi connectivity index (χ4n) is 3.59. The molecule has 0 aromatic heterocycles. The van der Waals surface area contributed by atoms with Crippen LogP contribution in [0, 0.1) is 0 Å². The molecule has 2 N–H and O–H groups in total. The van der Waals surface area contributed by atoms with Gasteiger partial charge in [0.15, 0.2) is 6.54 Å². The molecule has 6 heteroatoms. The molecule has 2 aromatic rings. The molecule has 30 heavy (non-hydrogen) atoms. The second-order valence-electron chi connectivity index (χ2n) is 8.81. The van der Waals surface area contributed by atoms with Crippen molar-refractivity contribution in [1.82, 2.24) is 10.2 Å². The number of amides is 2. The molecule has 1 heterocycles. The Morgan fingerprint density at radius 1 is 0.967 bits per heavy atom. The Hall–Kier alpha value is -2.86. The van der Waals surface area contributed by atoms with E-state index in [1.165, 1.54) is 4.90 Å². The number of nitrogens with one attached hydrogen (secondary N) is 2. The summed E-state index contributed by atoms with van der Waals surface area (Å²) < 4.78 is 5.80. The lowest BCUT2D eigenvalue weighted by Crippen LogP contribution is -3.13. The van der Waals surface area contributed by atoms with Crippen LogP contribution < -0.4 is 15.0 Å². The van der Waals surface area contributed by atoms with Crippen molar-refractivity contribution < 1.29 is 19.2 Å². The third-order valence-corrected chi connectivity index (χ3v) is 4.99. The Balaban J connectivity index is 1.53. The standard InChI is InChI=1S/C24H31N3O3/c1-24(2,3)25-22(28)18-26-14-7-15-27(17-16-26)23(29)19-10-12-21(13-11-19)30-20-8-5-4-6-9-20/h4-6,8-13H,7,14-18H2,1-3H3,(H,25,28)/p+1. The number of carbonyl (C=O) groups is 2. The quantitative estimate of drug-likeness (QED) is 0.794.